The maximum absolute atomic E-state index is 12.9. The van der Waals surface area contributed by atoms with Crippen LogP contribution in [0.25, 0.3) is 0 Å². The Balaban J connectivity index is 1.73. The van der Waals surface area contributed by atoms with Crippen LogP contribution in [0.1, 0.15) is 18.4 Å². The molecule has 160 valence electrons. The van der Waals surface area contributed by atoms with Crippen molar-refractivity contribution in [2.24, 2.45) is 5.10 Å². The van der Waals surface area contributed by atoms with E-state index in [0.29, 0.717) is 27.9 Å². The van der Waals surface area contributed by atoms with Crippen molar-refractivity contribution in [1.29, 1.82) is 0 Å². The SMILES string of the molecule is COc1cc(/C=N\NC(=O)[C@@H]2CCCN2S(=O)(=O)c2ccc(Cl)cc2)cc(Br)c1O. The predicted molar refractivity (Wildman–Crippen MR) is 116 cm³/mol. The third-order valence-corrected chi connectivity index (χ3v) is 7.36. The lowest BCUT2D eigenvalue weighted by atomic mass is 10.2. The first-order valence-electron chi connectivity index (χ1n) is 8.91. The fraction of sp³-hybridized carbons (Fsp3) is 0.263. The lowest BCUT2D eigenvalue weighted by molar-refractivity contribution is -0.124. The summed E-state index contributed by atoms with van der Waals surface area (Å²) in [5.41, 5.74) is 2.96. The highest BCUT2D eigenvalue weighted by Crippen LogP contribution is 2.34. The van der Waals surface area contributed by atoms with Crippen LogP contribution in [-0.2, 0) is 14.8 Å². The first-order valence-corrected chi connectivity index (χ1v) is 11.5. The largest absolute Gasteiger partial charge is 0.503 e. The quantitative estimate of drug-likeness (QED) is 0.453. The van der Waals surface area contributed by atoms with Crippen LogP contribution in [0.5, 0.6) is 11.5 Å². The molecule has 0 aliphatic carbocycles. The van der Waals surface area contributed by atoms with E-state index in [1.165, 1.54) is 41.9 Å². The molecule has 3 rings (SSSR count). The highest BCUT2D eigenvalue weighted by Gasteiger charge is 2.39. The summed E-state index contributed by atoms with van der Waals surface area (Å²) in [5, 5.41) is 14.2. The molecule has 0 saturated carbocycles. The van der Waals surface area contributed by atoms with Crippen molar-refractivity contribution in [2.45, 2.75) is 23.8 Å². The van der Waals surface area contributed by atoms with Crippen LogP contribution in [-0.4, -0.2) is 49.6 Å². The van der Waals surface area contributed by atoms with Crippen LogP contribution in [0, 0.1) is 0 Å². The highest BCUT2D eigenvalue weighted by molar-refractivity contribution is 9.10. The molecule has 0 aromatic heterocycles. The maximum Gasteiger partial charge on any atom is 0.258 e. The molecule has 1 saturated heterocycles. The Labute approximate surface area is 187 Å². The number of ether oxygens (including phenoxy) is 1. The Hall–Kier alpha value is -2.14. The zero-order valence-corrected chi connectivity index (χ0v) is 19.0. The minimum atomic E-state index is -3.83. The summed E-state index contributed by atoms with van der Waals surface area (Å²) >= 11 is 9.04. The summed E-state index contributed by atoms with van der Waals surface area (Å²) in [6, 6.07) is 8.10. The van der Waals surface area contributed by atoms with Crippen LogP contribution in [0.15, 0.2) is 50.9 Å². The Kier molecular flexibility index (Phi) is 7.02. The van der Waals surface area contributed by atoms with Crippen LogP contribution >= 0.6 is 27.5 Å². The van der Waals surface area contributed by atoms with Gasteiger partial charge in [-0.1, -0.05) is 11.6 Å². The van der Waals surface area contributed by atoms with E-state index in [-0.39, 0.29) is 22.9 Å². The van der Waals surface area contributed by atoms with Gasteiger partial charge >= 0.3 is 0 Å². The van der Waals surface area contributed by atoms with Crippen LogP contribution in [0.3, 0.4) is 0 Å². The number of nitrogens with one attached hydrogen (secondary N) is 1. The molecular weight excluding hydrogens is 498 g/mol. The molecule has 1 aliphatic rings. The van der Waals surface area contributed by atoms with E-state index in [0.717, 1.165) is 0 Å². The first kappa shape index (κ1) is 22.5. The lowest BCUT2D eigenvalue weighted by Crippen LogP contribution is -2.44. The fourth-order valence-corrected chi connectivity index (χ4v) is 5.34. The summed E-state index contributed by atoms with van der Waals surface area (Å²) in [5.74, 6) is -0.327. The number of hydrazone groups is 1. The van der Waals surface area contributed by atoms with Gasteiger partial charge in [-0.05, 0) is 70.7 Å². The number of phenols is 1. The molecule has 30 heavy (non-hydrogen) atoms. The standard InChI is InChI=1S/C19H19BrClN3O5S/c1-29-17-10-12(9-15(20)18(17)25)11-22-23-19(26)16-3-2-8-24(16)30(27,28)14-6-4-13(21)5-7-14/h4-7,9-11,16,25H,2-3,8H2,1H3,(H,23,26)/b22-11-/t16-/m0/s1. The molecule has 8 nitrogen and oxygen atoms in total. The second kappa shape index (κ2) is 9.34. The molecular formula is C19H19BrClN3O5S. The Morgan fingerprint density at radius 2 is 2.07 bits per heavy atom. The van der Waals surface area contributed by atoms with Crippen LogP contribution in [0.2, 0.25) is 5.02 Å². The number of hydrogen-bond acceptors (Lipinski definition) is 6. The topological polar surface area (TPSA) is 108 Å². The molecule has 2 aromatic rings. The van der Waals surface area contributed by atoms with Crippen molar-refractivity contribution in [2.75, 3.05) is 13.7 Å². The average Bonchev–Trinajstić information content (AvgIpc) is 3.21. The van der Waals surface area contributed by atoms with Crippen molar-refractivity contribution in [3.8, 4) is 11.5 Å². The minimum absolute atomic E-state index is 0.0484. The second-order valence-corrected chi connectivity index (χ2v) is 9.70. The van der Waals surface area contributed by atoms with E-state index < -0.39 is 22.0 Å². The highest BCUT2D eigenvalue weighted by atomic mass is 79.9. The average molecular weight is 517 g/mol. The van der Waals surface area contributed by atoms with E-state index >= 15 is 0 Å². The number of sulfonamides is 1. The summed E-state index contributed by atoms with van der Waals surface area (Å²) < 4.78 is 32.5. The van der Waals surface area contributed by atoms with Gasteiger partial charge in [0.2, 0.25) is 10.0 Å². The number of aromatic hydroxyl groups is 1. The Morgan fingerprint density at radius 3 is 2.73 bits per heavy atom. The predicted octanol–water partition coefficient (Wildman–Crippen LogP) is 3.12. The van der Waals surface area contributed by atoms with Gasteiger partial charge in [-0.15, -0.1) is 0 Å². The number of carbonyl (C=O) groups excluding carboxylic acids is 1. The number of amides is 1. The molecule has 11 heteroatoms. The van der Waals surface area contributed by atoms with Crippen molar-refractivity contribution >= 4 is 49.7 Å². The van der Waals surface area contributed by atoms with E-state index in [1.807, 2.05) is 0 Å². The van der Waals surface area contributed by atoms with E-state index in [9.17, 15) is 18.3 Å². The molecule has 0 bridgehead atoms. The van der Waals surface area contributed by atoms with Gasteiger partial charge in [0, 0.05) is 11.6 Å². The summed E-state index contributed by atoms with van der Waals surface area (Å²) in [4.78, 5) is 12.7. The van der Waals surface area contributed by atoms with Gasteiger partial charge in [-0.25, -0.2) is 13.8 Å². The number of methoxy groups -OCH3 is 1. The number of rotatable bonds is 6. The maximum atomic E-state index is 12.9. The van der Waals surface area contributed by atoms with Gasteiger partial charge in [-0.2, -0.15) is 9.41 Å². The van der Waals surface area contributed by atoms with Crippen molar-refractivity contribution in [1.82, 2.24) is 9.73 Å². The monoisotopic (exact) mass is 515 g/mol. The zero-order chi connectivity index (χ0) is 21.9. The van der Waals surface area contributed by atoms with E-state index in [4.69, 9.17) is 16.3 Å². The molecule has 1 atom stereocenters. The smallest absolute Gasteiger partial charge is 0.258 e. The summed E-state index contributed by atoms with van der Waals surface area (Å²) in [7, 11) is -2.42. The Morgan fingerprint density at radius 1 is 1.37 bits per heavy atom. The molecule has 0 spiro atoms. The molecule has 0 radical (unpaired) electrons. The summed E-state index contributed by atoms with van der Waals surface area (Å²) in [6.45, 7) is 0.245. The first-order chi connectivity index (χ1) is 14.2. The zero-order valence-electron chi connectivity index (χ0n) is 15.9. The molecule has 1 fully saturated rings. The number of carbonyl (C=O) groups is 1. The van der Waals surface area contributed by atoms with Gasteiger partial charge in [0.25, 0.3) is 5.91 Å². The van der Waals surface area contributed by atoms with Gasteiger partial charge in [0.1, 0.15) is 6.04 Å². The lowest BCUT2D eigenvalue weighted by Gasteiger charge is -2.22. The molecule has 1 heterocycles. The molecule has 2 aromatic carbocycles. The number of hydrogen-bond donors (Lipinski definition) is 2. The number of benzene rings is 2. The van der Waals surface area contributed by atoms with E-state index in [1.54, 1.807) is 12.1 Å². The molecule has 0 unspecified atom stereocenters. The molecule has 1 aliphatic heterocycles. The minimum Gasteiger partial charge on any atom is -0.503 e. The van der Waals surface area contributed by atoms with Crippen LogP contribution in [0.4, 0.5) is 0 Å². The van der Waals surface area contributed by atoms with Gasteiger partial charge in [0.05, 0.1) is 22.7 Å². The van der Waals surface area contributed by atoms with Gasteiger partial charge in [0.15, 0.2) is 11.5 Å². The second-order valence-electron chi connectivity index (χ2n) is 6.52. The van der Waals surface area contributed by atoms with Crippen molar-refractivity contribution in [3.05, 3.63) is 51.5 Å². The Bertz CT molecular complexity index is 1080. The van der Waals surface area contributed by atoms with Gasteiger partial charge in [-0.3, -0.25) is 4.79 Å². The number of halogens is 2. The van der Waals surface area contributed by atoms with E-state index in [2.05, 4.69) is 26.5 Å². The van der Waals surface area contributed by atoms with Crippen molar-refractivity contribution < 1.29 is 23.1 Å². The fourth-order valence-electron chi connectivity index (χ4n) is 3.10. The normalized spacial score (nSPS) is 17.4. The third kappa shape index (κ3) is 4.77. The number of phenolic OH excluding ortho intramolecular Hbond substituents is 1. The third-order valence-electron chi connectivity index (χ3n) is 4.59. The number of nitrogens with zero attached hydrogens (tertiary/aromatic N) is 2. The van der Waals surface area contributed by atoms with Crippen LogP contribution < -0.4 is 10.2 Å². The van der Waals surface area contributed by atoms with Crippen molar-refractivity contribution in [3.63, 3.8) is 0 Å². The molecule has 1 amide bonds. The van der Waals surface area contributed by atoms with Gasteiger partial charge < -0.3 is 9.84 Å². The summed E-state index contributed by atoms with van der Waals surface area (Å²) in [6.07, 6.45) is 2.33. The molecule has 2 N–H and O–H groups in total.